The lowest BCUT2D eigenvalue weighted by molar-refractivity contribution is 0.491. The van der Waals surface area contributed by atoms with Crippen LogP contribution >= 0.6 is 0 Å². The SMILES string of the molecule is [B]C1(CC)CCCc2ccccc2C1. The quantitative estimate of drug-likeness (QED) is 0.464. The van der Waals surface area contributed by atoms with Crippen molar-refractivity contribution in [3.8, 4) is 0 Å². The number of rotatable bonds is 1. The molecule has 0 saturated carbocycles. The van der Waals surface area contributed by atoms with E-state index in [0.29, 0.717) is 0 Å². The molecule has 72 valence electrons. The first-order valence-electron chi connectivity index (χ1n) is 5.59. The standard InChI is InChI=1S/C13H17B/c1-2-13(14)9-5-8-11-6-3-4-7-12(11)10-13/h3-4,6-7H,2,5,8-10H2,1H3. The first-order chi connectivity index (χ1) is 6.73. The molecule has 2 rings (SSSR count). The van der Waals surface area contributed by atoms with Crippen LogP contribution in [0, 0.1) is 0 Å². The van der Waals surface area contributed by atoms with E-state index in [1.54, 1.807) is 0 Å². The third kappa shape index (κ3) is 1.87. The molecular weight excluding hydrogens is 167 g/mol. The summed E-state index contributed by atoms with van der Waals surface area (Å²) in [5.41, 5.74) is 2.97. The molecule has 0 bridgehead atoms. The normalized spacial score (nSPS) is 26.6. The second-order valence-corrected chi connectivity index (χ2v) is 4.51. The zero-order valence-electron chi connectivity index (χ0n) is 8.92. The Hall–Kier alpha value is -0.715. The van der Waals surface area contributed by atoms with E-state index in [9.17, 15) is 0 Å². The van der Waals surface area contributed by atoms with Crippen molar-refractivity contribution in [1.82, 2.24) is 0 Å². The van der Waals surface area contributed by atoms with Gasteiger partial charge in [-0.05, 0) is 30.4 Å². The lowest BCUT2D eigenvalue weighted by Crippen LogP contribution is -2.13. The molecule has 1 unspecified atom stereocenters. The topological polar surface area (TPSA) is 0 Å². The molecule has 0 fully saturated rings. The van der Waals surface area contributed by atoms with Gasteiger partial charge in [-0.2, -0.15) is 0 Å². The first kappa shape index (κ1) is 9.83. The lowest BCUT2D eigenvalue weighted by Gasteiger charge is -2.27. The van der Waals surface area contributed by atoms with Crippen molar-refractivity contribution in [2.45, 2.75) is 44.3 Å². The average Bonchev–Trinajstić information content (AvgIpc) is 2.37. The Morgan fingerprint density at radius 3 is 2.71 bits per heavy atom. The van der Waals surface area contributed by atoms with Gasteiger partial charge in [-0.25, -0.2) is 0 Å². The molecule has 1 heteroatoms. The van der Waals surface area contributed by atoms with E-state index in [2.05, 4.69) is 31.2 Å². The number of aryl methyl sites for hydroxylation is 1. The Labute approximate surface area is 88.1 Å². The number of hydrogen-bond acceptors (Lipinski definition) is 0. The van der Waals surface area contributed by atoms with E-state index in [0.717, 1.165) is 19.3 Å². The van der Waals surface area contributed by atoms with E-state index in [4.69, 9.17) is 7.85 Å². The molecule has 0 nitrogen and oxygen atoms in total. The highest BCUT2D eigenvalue weighted by atomic mass is 14.3. The van der Waals surface area contributed by atoms with Crippen molar-refractivity contribution in [3.63, 3.8) is 0 Å². The van der Waals surface area contributed by atoms with Crippen LogP contribution in [-0.2, 0) is 12.8 Å². The summed E-state index contributed by atoms with van der Waals surface area (Å²) in [7, 11) is 6.37. The summed E-state index contributed by atoms with van der Waals surface area (Å²) in [6.45, 7) is 2.20. The van der Waals surface area contributed by atoms with E-state index >= 15 is 0 Å². The maximum absolute atomic E-state index is 6.37. The second kappa shape index (κ2) is 3.80. The van der Waals surface area contributed by atoms with Crippen molar-refractivity contribution in [2.75, 3.05) is 0 Å². The monoisotopic (exact) mass is 184 g/mol. The molecule has 14 heavy (non-hydrogen) atoms. The Bertz CT molecular complexity index is 319. The number of hydrogen-bond donors (Lipinski definition) is 0. The Morgan fingerprint density at radius 1 is 1.29 bits per heavy atom. The lowest BCUT2D eigenvalue weighted by atomic mass is 9.61. The zero-order chi connectivity index (χ0) is 10.0. The Morgan fingerprint density at radius 2 is 2.00 bits per heavy atom. The molecule has 1 aliphatic rings. The fraction of sp³-hybridized carbons (Fsp3) is 0.538. The van der Waals surface area contributed by atoms with Crippen LogP contribution < -0.4 is 0 Å². The predicted octanol–water partition coefficient (Wildman–Crippen LogP) is 3.30. The molecule has 0 saturated heterocycles. The Kier molecular flexibility index (Phi) is 2.67. The summed E-state index contributed by atoms with van der Waals surface area (Å²) in [5, 5.41) is 0.0482. The minimum absolute atomic E-state index is 0.0482. The van der Waals surface area contributed by atoms with Gasteiger partial charge in [-0.3, -0.25) is 0 Å². The highest BCUT2D eigenvalue weighted by molar-refractivity contribution is 6.15. The zero-order valence-corrected chi connectivity index (χ0v) is 8.92. The van der Waals surface area contributed by atoms with Gasteiger partial charge < -0.3 is 0 Å². The first-order valence-corrected chi connectivity index (χ1v) is 5.59. The van der Waals surface area contributed by atoms with Gasteiger partial charge in [0, 0.05) is 0 Å². The molecule has 0 aromatic heterocycles. The van der Waals surface area contributed by atoms with Crippen molar-refractivity contribution < 1.29 is 0 Å². The molecule has 1 atom stereocenters. The summed E-state index contributed by atoms with van der Waals surface area (Å²) < 4.78 is 0. The molecular formula is C13H17B. The molecule has 0 amide bonds. The van der Waals surface area contributed by atoms with Gasteiger partial charge in [0.2, 0.25) is 0 Å². The summed E-state index contributed by atoms with van der Waals surface area (Å²) in [6, 6.07) is 8.74. The number of benzene rings is 1. The van der Waals surface area contributed by atoms with Crippen LogP contribution in [0.15, 0.2) is 24.3 Å². The minimum Gasteiger partial charge on any atom is -0.0656 e. The van der Waals surface area contributed by atoms with E-state index in [-0.39, 0.29) is 5.31 Å². The highest BCUT2D eigenvalue weighted by Gasteiger charge is 2.25. The maximum Gasteiger partial charge on any atom is 0.0750 e. The van der Waals surface area contributed by atoms with Gasteiger partial charge in [-0.15, -0.1) is 0 Å². The van der Waals surface area contributed by atoms with Crippen LogP contribution in [0.1, 0.15) is 37.3 Å². The van der Waals surface area contributed by atoms with E-state index in [1.807, 2.05) is 0 Å². The van der Waals surface area contributed by atoms with Crippen LogP contribution in [0.5, 0.6) is 0 Å². The van der Waals surface area contributed by atoms with Gasteiger partial charge in [-0.1, -0.05) is 49.3 Å². The molecule has 0 N–H and O–H groups in total. The van der Waals surface area contributed by atoms with Crippen LogP contribution in [0.3, 0.4) is 0 Å². The summed E-state index contributed by atoms with van der Waals surface area (Å²) in [5.74, 6) is 0. The van der Waals surface area contributed by atoms with Gasteiger partial charge >= 0.3 is 0 Å². The summed E-state index contributed by atoms with van der Waals surface area (Å²) in [6.07, 6.45) is 5.75. The van der Waals surface area contributed by atoms with Crippen molar-refractivity contribution in [1.29, 1.82) is 0 Å². The van der Waals surface area contributed by atoms with Gasteiger partial charge in [0.05, 0.1) is 7.85 Å². The summed E-state index contributed by atoms with van der Waals surface area (Å²) in [4.78, 5) is 0. The molecule has 1 aromatic rings. The molecule has 2 radical (unpaired) electrons. The highest BCUT2D eigenvalue weighted by Crippen LogP contribution is 2.40. The molecule has 0 aliphatic heterocycles. The minimum atomic E-state index is 0.0482. The molecule has 0 heterocycles. The predicted molar refractivity (Wildman–Crippen MR) is 61.8 cm³/mol. The molecule has 0 spiro atoms. The van der Waals surface area contributed by atoms with Crippen molar-refractivity contribution >= 4 is 7.85 Å². The van der Waals surface area contributed by atoms with E-state index < -0.39 is 0 Å². The third-order valence-corrected chi connectivity index (χ3v) is 3.49. The molecule has 1 aliphatic carbocycles. The smallest absolute Gasteiger partial charge is 0.0656 e. The fourth-order valence-electron chi connectivity index (χ4n) is 2.37. The second-order valence-electron chi connectivity index (χ2n) is 4.51. The third-order valence-electron chi connectivity index (χ3n) is 3.49. The largest absolute Gasteiger partial charge is 0.0750 e. The van der Waals surface area contributed by atoms with Gasteiger partial charge in [0.25, 0.3) is 0 Å². The van der Waals surface area contributed by atoms with Crippen molar-refractivity contribution in [2.24, 2.45) is 0 Å². The Balaban J connectivity index is 2.31. The number of fused-ring (bicyclic) bond motifs is 1. The average molecular weight is 184 g/mol. The van der Waals surface area contributed by atoms with Crippen LogP contribution in [-0.4, -0.2) is 7.85 Å². The van der Waals surface area contributed by atoms with E-state index in [1.165, 1.54) is 24.0 Å². The summed E-state index contributed by atoms with van der Waals surface area (Å²) >= 11 is 0. The van der Waals surface area contributed by atoms with Crippen molar-refractivity contribution in [3.05, 3.63) is 35.4 Å². The van der Waals surface area contributed by atoms with Crippen LogP contribution in [0.4, 0.5) is 0 Å². The van der Waals surface area contributed by atoms with Crippen LogP contribution in [0.2, 0.25) is 5.31 Å². The van der Waals surface area contributed by atoms with Gasteiger partial charge in [0.15, 0.2) is 0 Å². The van der Waals surface area contributed by atoms with Crippen LogP contribution in [0.25, 0.3) is 0 Å². The maximum atomic E-state index is 6.37. The molecule has 1 aromatic carbocycles. The fourth-order valence-corrected chi connectivity index (χ4v) is 2.37. The van der Waals surface area contributed by atoms with Gasteiger partial charge in [0.1, 0.15) is 0 Å².